The Bertz CT molecular complexity index is 1430. The van der Waals surface area contributed by atoms with Crippen molar-refractivity contribution in [3.63, 3.8) is 0 Å². The van der Waals surface area contributed by atoms with Crippen molar-refractivity contribution in [1.82, 2.24) is 5.32 Å². The second kappa shape index (κ2) is 10.4. The van der Waals surface area contributed by atoms with E-state index in [0.717, 1.165) is 22.1 Å². The van der Waals surface area contributed by atoms with Gasteiger partial charge in [0.2, 0.25) is 0 Å². The first kappa shape index (κ1) is 24.0. The summed E-state index contributed by atoms with van der Waals surface area (Å²) in [6.45, 7) is 1.33. The van der Waals surface area contributed by atoms with E-state index in [1.54, 1.807) is 43.3 Å². The van der Waals surface area contributed by atoms with Crippen LogP contribution in [0.3, 0.4) is 0 Å². The van der Waals surface area contributed by atoms with Crippen molar-refractivity contribution in [2.75, 3.05) is 6.61 Å². The van der Waals surface area contributed by atoms with Crippen molar-refractivity contribution >= 4 is 34.4 Å². The minimum Gasteiger partial charge on any atom is -0.483 e. The molecule has 2 N–H and O–H groups in total. The van der Waals surface area contributed by atoms with E-state index in [-0.39, 0.29) is 6.42 Å². The first-order valence-corrected chi connectivity index (χ1v) is 11.2. The summed E-state index contributed by atoms with van der Waals surface area (Å²) in [5.74, 6) is -1.40. The minimum absolute atomic E-state index is 0.0979. The van der Waals surface area contributed by atoms with E-state index in [1.165, 1.54) is 6.07 Å². The van der Waals surface area contributed by atoms with Crippen LogP contribution in [0.5, 0.6) is 5.75 Å². The second-order valence-electron chi connectivity index (χ2n) is 7.99. The van der Waals surface area contributed by atoms with Crippen molar-refractivity contribution in [3.05, 3.63) is 99.4 Å². The van der Waals surface area contributed by atoms with Crippen LogP contribution in [0.1, 0.15) is 11.1 Å². The number of aliphatic carboxylic acids is 1. The van der Waals surface area contributed by atoms with Crippen molar-refractivity contribution in [1.29, 1.82) is 0 Å². The molecule has 0 unspecified atom stereocenters. The van der Waals surface area contributed by atoms with Gasteiger partial charge < -0.3 is 19.6 Å². The third-order valence-electron chi connectivity index (χ3n) is 5.54. The average Bonchev–Trinajstić information content (AvgIpc) is 2.85. The highest BCUT2D eigenvalue weighted by Gasteiger charge is 2.21. The zero-order valence-corrected chi connectivity index (χ0v) is 19.5. The van der Waals surface area contributed by atoms with Crippen LogP contribution in [0.2, 0.25) is 5.02 Å². The molecule has 0 bridgehead atoms. The number of carbonyl (C=O) groups is 2. The molecule has 0 aliphatic rings. The van der Waals surface area contributed by atoms with Gasteiger partial charge in [-0.2, -0.15) is 0 Å². The molecule has 1 heterocycles. The molecule has 0 saturated heterocycles. The Balaban J connectivity index is 1.50. The van der Waals surface area contributed by atoms with E-state index >= 15 is 0 Å². The van der Waals surface area contributed by atoms with Crippen LogP contribution in [-0.2, 0) is 16.0 Å². The normalized spacial score (nSPS) is 11.7. The first-order chi connectivity index (χ1) is 16.8. The minimum atomic E-state index is -1.16. The molecular weight excluding hydrogens is 470 g/mol. The Labute approximate surface area is 205 Å². The maximum atomic E-state index is 12.4. The smallest absolute Gasteiger partial charge is 0.336 e. The predicted octanol–water partition coefficient (Wildman–Crippen LogP) is 4.61. The van der Waals surface area contributed by atoms with Crippen LogP contribution >= 0.6 is 11.6 Å². The molecule has 4 rings (SSSR count). The number of fused-ring (bicyclic) bond motifs is 1. The summed E-state index contributed by atoms with van der Waals surface area (Å²) in [6, 6.07) is 20.0. The van der Waals surface area contributed by atoms with E-state index in [9.17, 15) is 19.5 Å². The number of rotatable bonds is 8. The van der Waals surface area contributed by atoms with Gasteiger partial charge in [-0.05, 0) is 47.9 Å². The van der Waals surface area contributed by atoms with Crippen LogP contribution < -0.4 is 15.7 Å². The summed E-state index contributed by atoms with van der Waals surface area (Å²) in [4.78, 5) is 36.3. The highest BCUT2D eigenvalue weighted by Crippen LogP contribution is 2.33. The monoisotopic (exact) mass is 491 g/mol. The summed E-state index contributed by atoms with van der Waals surface area (Å²) in [6.07, 6.45) is 0.0979. The lowest BCUT2D eigenvalue weighted by Crippen LogP contribution is -2.44. The third kappa shape index (κ3) is 5.70. The van der Waals surface area contributed by atoms with Gasteiger partial charge in [0.05, 0.1) is 0 Å². The highest BCUT2D eigenvalue weighted by atomic mass is 35.5. The predicted molar refractivity (Wildman–Crippen MR) is 133 cm³/mol. The molecule has 1 aromatic heterocycles. The summed E-state index contributed by atoms with van der Waals surface area (Å²) in [5.41, 5.74) is 2.74. The molecule has 1 amide bonds. The van der Waals surface area contributed by atoms with E-state index < -0.39 is 30.2 Å². The Kier molecular flexibility index (Phi) is 7.17. The third-order valence-corrected chi connectivity index (χ3v) is 5.79. The molecule has 0 fully saturated rings. The second-order valence-corrected chi connectivity index (χ2v) is 8.42. The zero-order valence-electron chi connectivity index (χ0n) is 18.8. The maximum absolute atomic E-state index is 12.4. The van der Waals surface area contributed by atoms with E-state index in [4.69, 9.17) is 20.8 Å². The van der Waals surface area contributed by atoms with Crippen molar-refractivity contribution < 1.29 is 23.8 Å². The lowest BCUT2D eigenvalue weighted by molar-refractivity contribution is -0.142. The number of amides is 1. The summed E-state index contributed by atoms with van der Waals surface area (Å²) < 4.78 is 11.1. The molecule has 8 heteroatoms. The van der Waals surface area contributed by atoms with Crippen LogP contribution in [0, 0.1) is 6.92 Å². The Morgan fingerprint density at radius 3 is 2.46 bits per heavy atom. The molecule has 0 spiro atoms. The summed E-state index contributed by atoms with van der Waals surface area (Å²) >= 11 is 5.87. The van der Waals surface area contributed by atoms with Crippen molar-refractivity contribution in [2.45, 2.75) is 19.4 Å². The van der Waals surface area contributed by atoms with E-state index in [0.29, 0.717) is 21.9 Å². The number of carbonyl (C=O) groups excluding carboxylic acids is 1. The van der Waals surface area contributed by atoms with Gasteiger partial charge >= 0.3 is 11.6 Å². The fourth-order valence-electron chi connectivity index (χ4n) is 3.79. The molecule has 0 radical (unpaired) electrons. The zero-order chi connectivity index (χ0) is 24.9. The molecule has 0 saturated carbocycles. The molecule has 35 heavy (non-hydrogen) atoms. The van der Waals surface area contributed by atoms with Gasteiger partial charge in [-0.1, -0.05) is 54.1 Å². The summed E-state index contributed by atoms with van der Waals surface area (Å²) in [7, 11) is 0. The van der Waals surface area contributed by atoms with Crippen LogP contribution in [0.4, 0.5) is 0 Å². The molecule has 3 aromatic carbocycles. The standard InChI is InChI=1S/C27H22ClNO6/c1-16-23(12-11-20-21(14-25(31)35-26(16)20)18-5-3-2-4-6-18)34-15-24(30)29-22(27(32)33)13-17-7-9-19(28)10-8-17/h2-12,14,22H,13,15H2,1H3,(H,29,30)(H,32,33)/t22-/m1/s1. The number of benzene rings is 3. The van der Waals surface area contributed by atoms with Gasteiger partial charge in [-0.25, -0.2) is 9.59 Å². The van der Waals surface area contributed by atoms with Crippen molar-refractivity contribution in [3.8, 4) is 16.9 Å². The van der Waals surface area contributed by atoms with Gasteiger partial charge in [0.1, 0.15) is 17.4 Å². The first-order valence-electron chi connectivity index (χ1n) is 10.8. The Hall–Kier alpha value is -4.10. The molecule has 7 nitrogen and oxygen atoms in total. The quantitative estimate of drug-likeness (QED) is 0.349. The summed E-state index contributed by atoms with van der Waals surface area (Å²) in [5, 5.41) is 13.3. The largest absolute Gasteiger partial charge is 0.483 e. The Morgan fingerprint density at radius 1 is 1.06 bits per heavy atom. The van der Waals surface area contributed by atoms with Crippen molar-refractivity contribution in [2.24, 2.45) is 0 Å². The number of halogens is 1. The molecular formula is C27H22ClNO6. The fourth-order valence-corrected chi connectivity index (χ4v) is 3.92. The van der Waals surface area contributed by atoms with Crippen LogP contribution in [0.15, 0.2) is 82.0 Å². The molecule has 0 aliphatic heterocycles. The SMILES string of the molecule is Cc1c(OCC(=O)N[C@H](Cc2ccc(Cl)cc2)C(=O)O)ccc2c(-c3ccccc3)cc(=O)oc12. The number of carboxylic acid groups (broad SMARTS) is 1. The highest BCUT2D eigenvalue weighted by molar-refractivity contribution is 6.30. The van der Waals surface area contributed by atoms with E-state index in [1.807, 2.05) is 30.3 Å². The lowest BCUT2D eigenvalue weighted by atomic mass is 10.0. The lowest BCUT2D eigenvalue weighted by Gasteiger charge is -2.16. The van der Waals surface area contributed by atoms with Crippen LogP contribution in [0.25, 0.3) is 22.1 Å². The Morgan fingerprint density at radius 2 is 1.77 bits per heavy atom. The molecule has 0 aliphatic carbocycles. The number of hydrogen-bond acceptors (Lipinski definition) is 5. The maximum Gasteiger partial charge on any atom is 0.336 e. The fraction of sp³-hybridized carbons (Fsp3) is 0.148. The molecule has 178 valence electrons. The van der Waals surface area contributed by atoms with Gasteiger partial charge in [-0.3, -0.25) is 4.79 Å². The topological polar surface area (TPSA) is 106 Å². The molecule has 4 aromatic rings. The molecule has 1 atom stereocenters. The number of carboxylic acids is 1. The number of aryl methyl sites for hydroxylation is 1. The van der Waals surface area contributed by atoms with Crippen LogP contribution in [-0.4, -0.2) is 29.6 Å². The van der Waals surface area contributed by atoms with Gasteiger partial charge in [-0.15, -0.1) is 0 Å². The van der Waals surface area contributed by atoms with Gasteiger partial charge in [0, 0.05) is 28.5 Å². The van der Waals surface area contributed by atoms with Gasteiger partial charge in [0.15, 0.2) is 6.61 Å². The van der Waals surface area contributed by atoms with Gasteiger partial charge in [0.25, 0.3) is 5.91 Å². The average molecular weight is 492 g/mol. The van der Waals surface area contributed by atoms with E-state index in [2.05, 4.69) is 5.32 Å². The number of nitrogens with one attached hydrogen (secondary N) is 1. The number of ether oxygens (including phenoxy) is 1. The number of hydrogen-bond donors (Lipinski definition) is 2.